The van der Waals surface area contributed by atoms with Crippen LogP contribution in [0, 0.1) is 0 Å². The standard InChI is InChI=1S/C18H15ClN2O6/c1-10(22)27-21-17(23)12-3-2-4-13(19)16(12)18(24)20-8-11-5-6-14-15(7-11)26-9-25-14/h2-7H,8-9H2,1H3,(H,20,24)(H,21,23). The Hall–Kier alpha value is -3.26. The van der Waals surface area contributed by atoms with Gasteiger partial charge < -0.3 is 19.6 Å². The topological polar surface area (TPSA) is 103 Å². The molecule has 1 aliphatic rings. The number of benzene rings is 2. The van der Waals surface area contributed by atoms with Gasteiger partial charge >= 0.3 is 5.97 Å². The van der Waals surface area contributed by atoms with Gasteiger partial charge in [-0.2, -0.15) is 5.48 Å². The first-order chi connectivity index (χ1) is 13.0. The first-order valence-corrected chi connectivity index (χ1v) is 8.26. The average molecular weight is 391 g/mol. The van der Waals surface area contributed by atoms with Crippen molar-refractivity contribution < 1.29 is 28.7 Å². The number of fused-ring (bicyclic) bond motifs is 1. The smallest absolute Gasteiger partial charge is 0.329 e. The molecule has 0 fully saturated rings. The summed E-state index contributed by atoms with van der Waals surface area (Å²) in [6.45, 7) is 1.48. The van der Waals surface area contributed by atoms with Gasteiger partial charge in [-0.1, -0.05) is 23.7 Å². The molecule has 27 heavy (non-hydrogen) atoms. The molecular formula is C18H15ClN2O6. The Labute approximate surface area is 159 Å². The van der Waals surface area contributed by atoms with E-state index in [1.807, 2.05) is 5.48 Å². The fourth-order valence-corrected chi connectivity index (χ4v) is 2.70. The van der Waals surface area contributed by atoms with Crippen molar-refractivity contribution in [3.63, 3.8) is 0 Å². The zero-order chi connectivity index (χ0) is 19.4. The van der Waals surface area contributed by atoms with Crippen LogP contribution >= 0.6 is 11.6 Å². The monoisotopic (exact) mass is 390 g/mol. The van der Waals surface area contributed by atoms with Crippen molar-refractivity contribution in [1.82, 2.24) is 10.8 Å². The number of hydrogen-bond donors (Lipinski definition) is 2. The SMILES string of the molecule is CC(=O)ONC(=O)c1cccc(Cl)c1C(=O)NCc1ccc2c(c1)OCO2. The number of carbonyl (C=O) groups is 3. The van der Waals surface area contributed by atoms with Gasteiger partial charge in [0.1, 0.15) is 0 Å². The first-order valence-electron chi connectivity index (χ1n) is 7.88. The summed E-state index contributed by atoms with van der Waals surface area (Å²) >= 11 is 6.10. The molecule has 8 nitrogen and oxygen atoms in total. The predicted octanol–water partition coefficient (Wildman–Crippen LogP) is 2.21. The first kappa shape index (κ1) is 18.5. The van der Waals surface area contributed by atoms with Gasteiger partial charge in [-0.15, -0.1) is 0 Å². The van der Waals surface area contributed by atoms with Crippen molar-refractivity contribution in [3.05, 3.63) is 58.1 Å². The average Bonchev–Trinajstić information content (AvgIpc) is 3.11. The third-order valence-electron chi connectivity index (χ3n) is 3.66. The Balaban J connectivity index is 1.74. The molecule has 0 aliphatic carbocycles. The maximum absolute atomic E-state index is 12.6. The van der Waals surface area contributed by atoms with Gasteiger partial charge in [-0.3, -0.25) is 14.4 Å². The van der Waals surface area contributed by atoms with Crippen LogP contribution < -0.4 is 20.3 Å². The summed E-state index contributed by atoms with van der Waals surface area (Å²) in [5, 5.41) is 2.79. The van der Waals surface area contributed by atoms with Gasteiger partial charge in [0.25, 0.3) is 11.8 Å². The van der Waals surface area contributed by atoms with Crippen LogP contribution in [0.3, 0.4) is 0 Å². The van der Waals surface area contributed by atoms with Crippen molar-refractivity contribution in [1.29, 1.82) is 0 Å². The maximum Gasteiger partial charge on any atom is 0.329 e. The maximum atomic E-state index is 12.6. The summed E-state index contributed by atoms with van der Waals surface area (Å²) in [7, 11) is 0. The Morgan fingerprint density at radius 1 is 1.11 bits per heavy atom. The molecule has 0 saturated heterocycles. The molecule has 9 heteroatoms. The molecule has 1 aliphatic heterocycles. The fourth-order valence-electron chi connectivity index (χ4n) is 2.44. The highest BCUT2D eigenvalue weighted by Gasteiger charge is 2.21. The van der Waals surface area contributed by atoms with Gasteiger partial charge in [0, 0.05) is 13.5 Å². The fraction of sp³-hybridized carbons (Fsp3) is 0.167. The number of amides is 2. The molecule has 0 bridgehead atoms. The second-order valence-corrected chi connectivity index (χ2v) is 5.96. The molecule has 0 atom stereocenters. The van der Waals surface area contributed by atoms with E-state index in [0.29, 0.717) is 11.5 Å². The number of hydroxylamine groups is 1. The summed E-state index contributed by atoms with van der Waals surface area (Å²) < 4.78 is 10.5. The van der Waals surface area contributed by atoms with E-state index in [1.54, 1.807) is 18.2 Å². The summed E-state index contributed by atoms with van der Waals surface area (Å²) in [5.41, 5.74) is 2.70. The molecule has 0 radical (unpaired) electrons. The van der Waals surface area contributed by atoms with Crippen LogP contribution in [0.1, 0.15) is 33.2 Å². The summed E-state index contributed by atoms with van der Waals surface area (Å²) in [5.74, 6) is -0.770. The molecular weight excluding hydrogens is 376 g/mol. The van der Waals surface area contributed by atoms with Crippen LogP contribution in [0.15, 0.2) is 36.4 Å². The molecule has 0 spiro atoms. The van der Waals surface area contributed by atoms with Crippen LogP contribution in [0.4, 0.5) is 0 Å². The third kappa shape index (κ3) is 4.29. The van der Waals surface area contributed by atoms with Crippen molar-refractivity contribution in [2.24, 2.45) is 0 Å². The lowest BCUT2D eigenvalue weighted by molar-refractivity contribution is -0.146. The number of carbonyl (C=O) groups excluding carboxylic acids is 3. The lowest BCUT2D eigenvalue weighted by Crippen LogP contribution is -2.30. The normalized spacial score (nSPS) is 11.6. The lowest BCUT2D eigenvalue weighted by atomic mass is 10.1. The summed E-state index contributed by atoms with van der Waals surface area (Å²) in [6, 6.07) is 9.69. The van der Waals surface area contributed by atoms with Crippen LogP contribution in [0.2, 0.25) is 5.02 Å². The van der Waals surface area contributed by atoms with Gasteiger partial charge in [-0.25, -0.2) is 0 Å². The number of hydrogen-bond acceptors (Lipinski definition) is 6. The molecule has 140 valence electrons. The van der Waals surface area contributed by atoms with E-state index in [1.165, 1.54) is 18.2 Å². The van der Waals surface area contributed by atoms with E-state index in [0.717, 1.165) is 12.5 Å². The van der Waals surface area contributed by atoms with Crippen molar-refractivity contribution in [2.45, 2.75) is 13.5 Å². The lowest BCUT2D eigenvalue weighted by Gasteiger charge is -2.12. The van der Waals surface area contributed by atoms with E-state index >= 15 is 0 Å². The van der Waals surface area contributed by atoms with Crippen LogP contribution in [-0.2, 0) is 16.2 Å². The van der Waals surface area contributed by atoms with Crippen molar-refractivity contribution >= 4 is 29.4 Å². The van der Waals surface area contributed by atoms with E-state index in [-0.39, 0.29) is 29.5 Å². The minimum absolute atomic E-state index is 0.0214. The molecule has 0 aromatic heterocycles. The van der Waals surface area contributed by atoms with Gasteiger partial charge in [0.15, 0.2) is 11.5 Å². The van der Waals surface area contributed by atoms with Gasteiger partial charge in [-0.05, 0) is 29.8 Å². The van der Waals surface area contributed by atoms with Gasteiger partial charge in [0.05, 0.1) is 16.1 Å². The van der Waals surface area contributed by atoms with Gasteiger partial charge in [0.2, 0.25) is 6.79 Å². The van der Waals surface area contributed by atoms with E-state index in [2.05, 4.69) is 10.2 Å². The molecule has 2 amide bonds. The minimum Gasteiger partial charge on any atom is -0.454 e. The number of halogens is 1. The number of nitrogens with one attached hydrogen (secondary N) is 2. The highest BCUT2D eigenvalue weighted by molar-refractivity contribution is 6.34. The molecule has 2 aromatic rings. The number of ether oxygens (including phenoxy) is 2. The minimum atomic E-state index is -0.763. The van der Waals surface area contributed by atoms with E-state index in [9.17, 15) is 14.4 Å². The Kier molecular flexibility index (Phi) is 5.46. The summed E-state index contributed by atoms with van der Waals surface area (Å²) in [6.07, 6.45) is 0. The second kappa shape index (κ2) is 7.96. The number of rotatable bonds is 4. The van der Waals surface area contributed by atoms with Crippen LogP contribution in [0.5, 0.6) is 11.5 Å². The van der Waals surface area contributed by atoms with E-state index in [4.69, 9.17) is 21.1 Å². The Bertz CT molecular complexity index is 915. The third-order valence-corrected chi connectivity index (χ3v) is 3.98. The molecule has 2 N–H and O–H groups in total. The Morgan fingerprint density at radius 3 is 2.67 bits per heavy atom. The highest BCUT2D eigenvalue weighted by Crippen LogP contribution is 2.32. The molecule has 2 aromatic carbocycles. The molecule has 3 rings (SSSR count). The Morgan fingerprint density at radius 2 is 1.89 bits per heavy atom. The van der Waals surface area contributed by atoms with Crippen LogP contribution in [-0.4, -0.2) is 24.6 Å². The zero-order valence-corrected chi connectivity index (χ0v) is 15.0. The van der Waals surface area contributed by atoms with E-state index < -0.39 is 17.8 Å². The largest absolute Gasteiger partial charge is 0.454 e. The molecule has 1 heterocycles. The zero-order valence-electron chi connectivity index (χ0n) is 14.2. The van der Waals surface area contributed by atoms with Crippen LogP contribution in [0.25, 0.3) is 0 Å². The highest BCUT2D eigenvalue weighted by atomic mass is 35.5. The summed E-state index contributed by atoms with van der Waals surface area (Å²) in [4.78, 5) is 40.1. The quantitative estimate of drug-likeness (QED) is 0.776. The molecule has 0 saturated carbocycles. The van der Waals surface area contributed by atoms with Crippen molar-refractivity contribution in [3.8, 4) is 11.5 Å². The molecule has 0 unspecified atom stereocenters. The second-order valence-electron chi connectivity index (χ2n) is 5.56. The van der Waals surface area contributed by atoms with Crippen molar-refractivity contribution in [2.75, 3.05) is 6.79 Å². The predicted molar refractivity (Wildman–Crippen MR) is 94.4 cm³/mol.